The van der Waals surface area contributed by atoms with Crippen LogP contribution in [-0.2, 0) is 4.79 Å². The number of nitrogens with two attached hydrogens (primary N) is 1. The lowest BCUT2D eigenvalue weighted by atomic mass is 9.82. The molecule has 0 saturated heterocycles. The fourth-order valence-corrected chi connectivity index (χ4v) is 1.45. The third-order valence-electron chi connectivity index (χ3n) is 2.32. The number of hydrogen-bond acceptors (Lipinski definition) is 3. The van der Waals surface area contributed by atoms with Crippen molar-refractivity contribution in [2.75, 3.05) is 6.54 Å². The summed E-state index contributed by atoms with van der Waals surface area (Å²) in [5, 5.41) is 11.6. The van der Waals surface area contributed by atoms with Crippen LogP contribution in [0.3, 0.4) is 0 Å². The molecule has 0 aliphatic heterocycles. The van der Waals surface area contributed by atoms with Gasteiger partial charge in [0.2, 0.25) is 0 Å². The predicted octanol–water partition coefficient (Wildman–Crippen LogP) is -0.214. The van der Waals surface area contributed by atoms with Crippen molar-refractivity contribution < 1.29 is 9.90 Å². The van der Waals surface area contributed by atoms with Crippen LogP contribution < -0.4 is 11.1 Å². The number of aliphatic carboxylic acids is 1. The molecule has 4 N–H and O–H groups in total. The van der Waals surface area contributed by atoms with Crippen molar-refractivity contribution >= 4 is 5.97 Å². The van der Waals surface area contributed by atoms with E-state index in [1.165, 1.54) is 0 Å². The first-order valence-electron chi connectivity index (χ1n) is 4.31. The summed E-state index contributed by atoms with van der Waals surface area (Å²) in [6, 6.07) is -0.272. The maximum atomic E-state index is 10.3. The number of carbonyl (C=O) groups is 1. The molecule has 1 rings (SSSR count). The second kappa shape index (κ2) is 3.87. The quantitative estimate of drug-likeness (QED) is 0.548. The summed E-state index contributed by atoms with van der Waals surface area (Å²) in [4.78, 5) is 10.3. The van der Waals surface area contributed by atoms with Crippen LogP contribution in [0.25, 0.3) is 0 Å². The average Bonchev–Trinajstić information content (AvgIpc) is 1.95. The van der Waals surface area contributed by atoms with Crippen LogP contribution in [0.1, 0.15) is 19.8 Å². The van der Waals surface area contributed by atoms with Crippen LogP contribution in [0, 0.1) is 5.92 Å². The maximum Gasteiger partial charge on any atom is 0.321 e. The Labute approximate surface area is 72.1 Å². The largest absolute Gasteiger partial charge is 0.480 e. The number of carboxylic acids is 1. The Bertz CT molecular complexity index is 166. The van der Waals surface area contributed by atoms with Gasteiger partial charge >= 0.3 is 5.97 Å². The van der Waals surface area contributed by atoms with Gasteiger partial charge in [-0.25, -0.2) is 0 Å². The normalized spacial score (nSPS) is 30.8. The molecular formula is C8H16N2O2. The molecule has 1 saturated carbocycles. The minimum atomic E-state index is -0.935. The highest BCUT2D eigenvalue weighted by Gasteiger charge is 2.25. The molecule has 70 valence electrons. The summed E-state index contributed by atoms with van der Waals surface area (Å²) >= 11 is 0. The molecular weight excluding hydrogens is 156 g/mol. The van der Waals surface area contributed by atoms with E-state index in [1.54, 1.807) is 0 Å². The lowest BCUT2D eigenvalue weighted by Crippen LogP contribution is -2.48. The van der Waals surface area contributed by atoms with Crippen molar-refractivity contribution in [1.29, 1.82) is 0 Å². The second-order valence-electron chi connectivity index (χ2n) is 3.63. The molecule has 0 aromatic carbocycles. The van der Waals surface area contributed by atoms with E-state index < -0.39 is 12.0 Å². The summed E-state index contributed by atoms with van der Waals surface area (Å²) in [7, 11) is 0. The van der Waals surface area contributed by atoms with Gasteiger partial charge in [-0.15, -0.1) is 0 Å². The van der Waals surface area contributed by atoms with Crippen molar-refractivity contribution in [1.82, 2.24) is 5.32 Å². The molecule has 0 aromatic rings. The lowest BCUT2D eigenvalue weighted by molar-refractivity contribution is -0.138. The maximum absolute atomic E-state index is 10.3. The highest BCUT2D eigenvalue weighted by molar-refractivity contribution is 5.73. The Morgan fingerprint density at radius 1 is 1.75 bits per heavy atom. The zero-order valence-electron chi connectivity index (χ0n) is 7.29. The Hall–Kier alpha value is -0.610. The highest BCUT2D eigenvalue weighted by atomic mass is 16.4. The summed E-state index contributed by atoms with van der Waals surface area (Å²) in [5.74, 6) is -0.154. The molecule has 1 unspecified atom stereocenters. The van der Waals surface area contributed by atoms with Gasteiger partial charge in [-0.1, -0.05) is 6.92 Å². The van der Waals surface area contributed by atoms with Crippen molar-refractivity contribution in [2.24, 2.45) is 11.7 Å². The molecule has 1 atom stereocenters. The van der Waals surface area contributed by atoms with Gasteiger partial charge in [-0.3, -0.25) is 4.79 Å². The van der Waals surface area contributed by atoms with E-state index in [2.05, 4.69) is 12.2 Å². The molecule has 0 aromatic heterocycles. The van der Waals surface area contributed by atoms with Crippen molar-refractivity contribution in [3.8, 4) is 0 Å². The van der Waals surface area contributed by atoms with E-state index in [-0.39, 0.29) is 0 Å². The molecule has 1 aliphatic carbocycles. The summed E-state index contributed by atoms with van der Waals surface area (Å²) in [6.07, 6.45) is 2.29. The zero-order chi connectivity index (χ0) is 9.14. The van der Waals surface area contributed by atoms with Gasteiger partial charge < -0.3 is 16.2 Å². The fraction of sp³-hybridized carbons (Fsp3) is 0.875. The monoisotopic (exact) mass is 172 g/mol. The Balaban J connectivity index is 2.06. The van der Waals surface area contributed by atoms with E-state index in [1.807, 2.05) is 0 Å². The summed E-state index contributed by atoms with van der Waals surface area (Å²) in [5.41, 5.74) is 5.32. The number of rotatable bonds is 4. The van der Waals surface area contributed by atoms with E-state index in [9.17, 15) is 4.79 Å². The smallest absolute Gasteiger partial charge is 0.321 e. The lowest BCUT2D eigenvalue weighted by Gasteiger charge is -2.33. The molecule has 12 heavy (non-hydrogen) atoms. The standard InChI is InChI=1S/C8H16N2O2/c1-5-2-6(3-5)10-4-7(9)8(11)12/h5-7,10H,2-4,9H2,1H3,(H,11,12). The minimum Gasteiger partial charge on any atom is -0.480 e. The van der Waals surface area contributed by atoms with Crippen LogP contribution in [0.5, 0.6) is 0 Å². The van der Waals surface area contributed by atoms with Crippen LogP contribution >= 0.6 is 0 Å². The van der Waals surface area contributed by atoms with E-state index in [4.69, 9.17) is 10.8 Å². The number of hydrogen-bond donors (Lipinski definition) is 3. The molecule has 0 radical (unpaired) electrons. The number of carboxylic acid groups (broad SMARTS) is 1. The van der Waals surface area contributed by atoms with E-state index in [0.29, 0.717) is 12.6 Å². The van der Waals surface area contributed by atoms with Crippen molar-refractivity contribution in [3.05, 3.63) is 0 Å². The van der Waals surface area contributed by atoms with Crippen LogP contribution in [0.2, 0.25) is 0 Å². The summed E-state index contributed by atoms with van der Waals surface area (Å²) < 4.78 is 0. The van der Waals surface area contributed by atoms with E-state index >= 15 is 0 Å². The highest BCUT2D eigenvalue weighted by Crippen LogP contribution is 2.25. The molecule has 0 bridgehead atoms. The van der Waals surface area contributed by atoms with Gasteiger partial charge in [0.15, 0.2) is 0 Å². The van der Waals surface area contributed by atoms with Crippen molar-refractivity contribution in [2.45, 2.75) is 31.8 Å². The van der Waals surface area contributed by atoms with Gasteiger partial charge in [0.1, 0.15) is 6.04 Å². The first-order chi connectivity index (χ1) is 5.59. The third kappa shape index (κ3) is 2.46. The SMILES string of the molecule is CC1CC(NCC(N)C(=O)O)C1. The Morgan fingerprint density at radius 3 is 2.75 bits per heavy atom. The molecule has 1 fully saturated rings. The summed E-state index contributed by atoms with van der Waals surface area (Å²) in [6.45, 7) is 2.57. The molecule has 4 nitrogen and oxygen atoms in total. The third-order valence-corrected chi connectivity index (χ3v) is 2.32. The predicted molar refractivity (Wildman–Crippen MR) is 45.8 cm³/mol. The zero-order valence-corrected chi connectivity index (χ0v) is 7.29. The van der Waals surface area contributed by atoms with Crippen molar-refractivity contribution in [3.63, 3.8) is 0 Å². The Kier molecular flexibility index (Phi) is 3.05. The Morgan fingerprint density at radius 2 is 2.33 bits per heavy atom. The van der Waals surface area contributed by atoms with Gasteiger partial charge in [0, 0.05) is 12.6 Å². The first kappa shape index (κ1) is 9.48. The topological polar surface area (TPSA) is 75.3 Å². The molecule has 1 aliphatic rings. The minimum absolute atomic E-state index is 0.382. The fourth-order valence-electron chi connectivity index (χ4n) is 1.45. The average molecular weight is 172 g/mol. The van der Waals surface area contributed by atoms with Crippen LogP contribution in [0.4, 0.5) is 0 Å². The molecule has 0 heterocycles. The van der Waals surface area contributed by atoms with Crippen LogP contribution in [-0.4, -0.2) is 29.7 Å². The van der Waals surface area contributed by atoms with Gasteiger partial charge in [-0.05, 0) is 18.8 Å². The van der Waals surface area contributed by atoms with Crippen LogP contribution in [0.15, 0.2) is 0 Å². The molecule has 0 spiro atoms. The molecule has 4 heteroatoms. The second-order valence-corrected chi connectivity index (χ2v) is 3.63. The van der Waals surface area contributed by atoms with Gasteiger partial charge in [0.05, 0.1) is 0 Å². The first-order valence-corrected chi connectivity index (χ1v) is 4.31. The number of nitrogens with one attached hydrogen (secondary N) is 1. The van der Waals surface area contributed by atoms with E-state index in [0.717, 1.165) is 18.8 Å². The van der Waals surface area contributed by atoms with Gasteiger partial charge in [-0.2, -0.15) is 0 Å². The van der Waals surface area contributed by atoms with Gasteiger partial charge in [0.25, 0.3) is 0 Å². The molecule has 0 amide bonds.